The van der Waals surface area contributed by atoms with Crippen LogP contribution in [0.25, 0.3) is 254 Å². The van der Waals surface area contributed by atoms with E-state index in [-0.39, 0.29) is 0 Å². The maximum Gasteiger partial charge on any atom is 0.163 e. The summed E-state index contributed by atoms with van der Waals surface area (Å²) >= 11 is 0. The third-order valence-corrected chi connectivity index (χ3v) is 26.8. The van der Waals surface area contributed by atoms with Crippen LogP contribution >= 0.6 is 0 Å². The Morgan fingerprint density at radius 3 is 0.696 bits per heavy atom. The molecule has 138 heavy (non-hydrogen) atoms. The van der Waals surface area contributed by atoms with Crippen LogP contribution in [0.15, 0.2) is 522 Å². The first-order chi connectivity index (χ1) is 68.4. The molecule has 26 rings (SSSR count). The van der Waals surface area contributed by atoms with Gasteiger partial charge in [-0.2, -0.15) is 0 Å². The van der Waals surface area contributed by atoms with Crippen LogP contribution in [0.4, 0.5) is 0 Å². The van der Waals surface area contributed by atoms with Gasteiger partial charge in [0.1, 0.15) is 6.33 Å². The highest BCUT2D eigenvalue weighted by Gasteiger charge is 2.22. The molecule has 0 spiro atoms. The molecule has 0 fully saturated rings. The minimum atomic E-state index is 0.664. The first-order valence-electron chi connectivity index (χ1n) is 46.9. The molecule has 0 saturated heterocycles. The molecule has 0 N–H and O–H groups in total. The predicted molar refractivity (Wildman–Crippen MR) is 580 cm³/mol. The Hall–Kier alpha value is -18.4. The zero-order chi connectivity index (χ0) is 91.6. The quantitative estimate of drug-likeness (QED) is 0.101. The average molecular weight is 1760 g/mol. The highest BCUT2D eigenvalue weighted by Crippen LogP contribution is 2.46. The van der Waals surface area contributed by atoms with Gasteiger partial charge >= 0.3 is 0 Å². The topological polar surface area (TPSA) is 77.3 Å². The van der Waals surface area contributed by atoms with Crippen LogP contribution in [0.2, 0.25) is 0 Å². The molecule has 0 atom stereocenters. The minimum Gasteiger partial charge on any atom is -0.248 e. The molecule has 644 valence electrons. The van der Waals surface area contributed by atoms with E-state index in [0.717, 1.165) is 89.5 Å². The lowest BCUT2D eigenvalue weighted by atomic mass is 9.90. The van der Waals surface area contributed by atoms with Gasteiger partial charge < -0.3 is 0 Å². The number of hydrogen-bond donors (Lipinski definition) is 0. The van der Waals surface area contributed by atoms with Crippen molar-refractivity contribution in [2.24, 2.45) is 0 Å². The van der Waals surface area contributed by atoms with E-state index in [0.29, 0.717) is 17.5 Å². The van der Waals surface area contributed by atoms with E-state index in [2.05, 4.69) is 465 Å². The van der Waals surface area contributed by atoms with Crippen LogP contribution in [0.3, 0.4) is 0 Å². The van der Waals surface area contributed by atoms with Gasteiger partial charge in [0, 0.05) is 38.9 Å². The summed E-state index contributed by atoms with van der Waals surface area (Å²) in [6.07, 6.45) is 1.59. The van der Waals surface area contributed by atoms with Gasteiger partial charge in [-0.05, 0) is 223 Å². The van der Waals surface area contributed by atoms with Gasteiger partial charge in [-0.1, -0.05) is 467 Å². The molecule has 0 amide bonds. The first-order valence-corrected chi connectivity index (χ1v) is 46.9. The minimum absolute atomic E-state index is 0.664. The maximum atomic E-state index is 5.14. The summed E-state index contributed by atoms with van der Waals surface area (Å²) in [6.45, 7) is 0. The van der Waals surface area contributed by atoms with Crippen molar-refractivity contribution in [3.63, 3.8) is 0 Å². The second-order valence-electron chi connectivity index (χ2n) is 35.0. The Labute approximate surface area is 800 Å². The Kier molecular flexibility index (Phi) is 22.0. The monoisotopic (exact) mass is 1750 g/mol. The number of aromatic nitrogens is 6. The lowest BCUT2D eigenvalue weighted by Gasteiger charge is -2.15. The molecule has 0 aliphatic rings. The van der Waals surface area contributed by atoms with Crippen LogP contribution in [0, 0.1) is 0 Å². The number of rotatable bonds is 14. The number of benzene rings is 23. The van der Waals surface area contributed by atoms with Crippen LogP contribution in [-0.4, -0.2) is 29.9 Å². The van der Waals surface area contributed by atoms with Gasteiger partial charge in [-0.3, -0.25) is 0 Å². The second-order valence-corrected chi connectivity index (χ2v) is 35.0. The summed E-state index contributed by atoms with van der Waals surface area (Å²) in [5.74, 6) is 2.04. The number of hydrogen-bond acceptors (Lipinski definition) is 6. The molecule has 0 aliphatic heterocycles. The summed E-state index contributed by atoms with van der Waals surface area (Å²) < 4.78 is 0. The predicted octanol–water partition coefficient (Wildman–Crippen LogP) is 35.1. The average Bonchev–Trinajstić information content (AvgIpc) is 0.748. The Bertz CT molecular complexity index is 8530. The van der Waals surface area contributed by atoms with E-state index in [1.54, 1.807) is 6.33 Å². The molecule has 3 heterocycles. The van der Waals surface area contributed by atoms with E-state index in [1.165, 1.54) is 147 Å². The normalized spacial score (nSPS) is 11.3. The van der Waals surface area contributed by atoms with Crippen molar-refractivity contribution in [3.8, 4) is 157 Å². The third-order valence-electron chi connectivity index (χ3n) is 26.8. The van der Waals surface area contributed by atoms with Crippen molar-refractivity contribution in [3.05, 3.63) is 522 Å². The lowest BCUT2D eigenvalue weighted by molar-refractivity contribution is 1.07. The van der Waals surface area contributed by atoms with Crippen molar-refractivity contribution < 1.29 is 0 Å². The number of fused-ring (bicyclic) bond motifs is 18. The van der Waals surface area contributed by atoms with E-state index in [1.807, 2.05) is 60.7 Å². The van der Waals surface area contributed by atoms with Crippen molar-refractivity contribution in [2.45, 2.75) is 0 Å². The van der Waals surface area contributed by atoms with Gasteiger partial charge in [0.05, 0.1) is 22.8 Å². The molecule has 0 saturated carbocycles. The van der Waals surface area contributed by atoms with E-state index >= 15 is 0 Å². The molecule has 0 radical (unpaired) electrons. The van der Waals surface area contributed by atoms with Gasteiger partial charge in [0.15, 0.2) is 17.5 Å². The molecular weight excluding hydrogens is 1670 g/mol. The highest BCUT2D eigenvalue weighted by atomic mass is 15.0. The SMILES string of the molecule is c1ccc(-c2cc(-c3ccccc3)nc(-c3ccccc3-c3cccc(-c4ccc5c6ccccc6c6ccccc6c5c4)c3)n2)cc1.c1ccc(-c2cc(-c3ccccc3-c3cccc(-c4ccc5c6ccccc6c6ccccc6c5c4)c3)cc(-c3ccccc3)n2)cc1.c1ccc(-c2ncnc(-c3ccccc3-c3ccc(-c4ccc5c6ccccc6c6ccccc6c5c4)cc3)n2)cc1. The Morgan fingerprint density at radius 1 is 0.101 bits per heavy atom. The van der Waals surface area contributed by atoms with Crippen LogP contribution in [0.1, 0.15) is 0 Å². The van der Waals surface area contributed by atoms with Crippen molar-refractivity contribution >= 4 is 97.0 Å². The molecule has 0 unspecified atom stereocenters. The zero-order valence-corrected chi connectivity index (χ0v) is 75.3. The Balaban J connectivity index is 0.000000113. The van der Waals surface area contributed by atoms with Crippen molar-refractivity contribution in [1.29, 1.82) is 0 Å². The van der Waals surface area contributed by atoms with E-state index in [9.17, 15) is 0 Å². The maximum absolute atomic E-state index is 5.14. The van der Waals surface area contributed by atoms with E-state index in [4.69, 9.17) is 19.9 Å². The highest BCUT2D eigenvalue weighted by molar-refractivity contribution is 6.28. The molecule has 6 nitrogen and oxygen atoms in total. The fourth-order valence-corrected chi connectivity index (χ4v) is 20.1. The molecule has 6 heteroatoms. The smallest absolute Gasteiger partial charge is 0.163 e. The largest absolute Gasteiger partial charge is 0.248 e. The summed E-state index contributed by atoms with van der Waals surface area (Å²) in [5, 5.41) is 23.2. The van der Waals surface area contributed by atoms with E-state index < -0.39 is 0 Å². The summed E-state index contributed by atoms with van der Waals surface area (Å²) in [5.41, 5.74) is 27.3. The molecule has 0 bridgehead atoms. The van der Waals surface area contributed by atoms with Crippen molar-refractivity contribution in [2.75, 3.05) is 0 Å². The zero-order valence-electron chi connectivity index (χ0n) is 75.3. The van der Waals surface area contributed by atoms with Crippen LogP contribution in [0.5, 0.6) is 0 Å². The van der Waals surface area contributed by atoms with Gasteiger partial charge in [-0.25, -0.2) is 29.9 Å². The summed E-state index contributed by atoms with van der Waals surface area (Å²) in [4.78, 5) is 29.2. The summed E-state index contributed by atoms with van der Waals surface area (Å²) in [6, 6.07) is 183. The van der Waals surface area contributed by atoms with Gasteiger partial charge in [0.2, 0.25) is 0 Å². The first kappa shape index (κ1) is 82.8. The fraction of sp³-hybridized carbons (Fsp3) is 0. The fourth-order valence-electron chi connectivity index (χ4n) is 20.1. The Morgan fingerprint density at radius 2 is 0.333 bits per heavy atom. The number of pyridine rings is 1. The molecule has 26 aromatic rings. The third kappa shape index (κ3) is 16.1. The van der Waals surface area contributed by atoms with Crippen molar-refractivity contribution in [1.82, 2.24) is 29.9 Å². The second kappa shape index (κ2) is 36.7. The lowest BCUT2D eigenvalue weighted by Crippen LogP contribution is -1.97. The molecule has 3 aromatic heterocycles. The van der Waals surface area contributed by atoms with Crippen LogP contribution < -0.4 is 0 Å². The van der Waals surface area contributed by atoms with Gasteiger partial charge in [0.25, 0.3) is 0 Å². The van der Waals surface area contributed by atoms with Crippen LogP contribution in [-0.2, 0) is 0 Å². The molecule has 0 aliphatic carbocycles. The standard InChI is InChI=1S/C47H31N.C46H30N2.C39H25N3/c1-3-14-32(15-4-1)46-30-37(31-47(48-46)33-16-5-2-6-17-33)39-21-8-7-20-38(39)36-19-13-18-34(28-36)35-26-27-44-42-24-10-9-22-40(42)41-23-11-12-25-43(41)45(44)29-35;1-3-14-31(15-4-1)44-30-45(32-16-5-2-6-17-32)48-46(47-44)42-25-12-7-20-36(42)35-19-13-18-33(28-35)34-26-27-41-39-23-9-8-21-37(39)38-22-10-11-24-40(38)43(41)29-34;1-2-10-28(11-3-1)38-40-25-41-39(42-38)36-17-9-4-12-30(36)27-20-18-26(19-21-27)29-22-23-35-33-15-6-5-13-31(33)32-14-7-8-16-34(32)37(35)24-29/h1-31H;1-30H;1-25H. The summed E-state index contributed by atoms with van der Waals surface area (Å²) in [7, 11) is 0. The number of nitrogens with zero attached hydrogens (tertiary/aromatic N) is 6. The van der Waals surface area contributed by atoms with Gasteiger partial charge in [-0.15, -0.1) is 0 Å². The molecular formula is C132H86N6. The molecule has 23 aromatic carbocycles.